The number of halogens is 3. The Kier molecular flexibility index (Phi) is 4.71. The number of carbonyl (C=O) groups is 1. The molecule has 0 atom stereocenters. The zero-order chi connectivity index (χ0) is 20.6. The van der Waals surface area contributed by atoms with Crippen molar-refractivity contribution >= 4 is 33.8 Å². The van der Waals surface area contributed by atoms with E-state index in [1.807, 2.05) is 0 Å². The Labute approximate surface area is 166 Å². The maximum atomic E-state index is 12.5. The number of fused-ring (bicyclic) bond motifs is 1. The van der Waals surface area contributed by atoms with E-state index in [2.05, 4.69) is 25.2 Å². The van der Waals surface area contributed by atoms with Crippen LogP contribution in [0.4, 0.5) is 18.9 Å². The first-order valence-corrected chi connectivity index (χ1v) is 9.23. The lowest BCUT2D eigenvalue weighted by Gasteiger charge is -2.12. The third-order valence-electron chi connectivity index (χ3n) is 4.06. The van der Waals surface area contributed by atoms with Gasteiger partial charge in [0, 0.05) is 10.8 Å². The topological polar surface area (TPSA) is 79.9 Å². The van der Waals surface area contributed by atoms with Crippen LogP contribution in [0.2, 0.25) is 0 Å². The van der Waals surface area contributed by atoms with Crippen LogP contribution in [0.25, 0.3) is 22.0 Å². The number of hydrogen-bond donors (Lipinski definition) is 2. The summed E-state index contributed by atoms with van der Waals surface area (Å²) in [5.74, 6) is -0.716. The number of ether oxygens (including phenoxy) is 1. The van der Waals surface area contributed by atoms with Crippen LogP contribution in [0.5, 0.6) is 5.75 Å². The number of carbonyl (C=O) groups excluding carboxylic acids is 1. The molecular formula is C19H13F3N4O2S. The summed E-state index contributed by atoms with van der Waals surface area (Å²) >= 11 is 1.36. The van der Waals surface area contributed by atoms with Crippen LogP contribution in [0.15, 0.2) is 48.0 Å². The van der Waals surface area contributed by atoms with E-state index in [9.17, 15) is 18.0 Å². The molecule has 1 amide bonds. The molecule has 29 heavy (non-hydrogen) atoms. The zero-order valence-corrected chi connectivity index (χ0v) is 15.7. The second-order valence-electron chi connectivity index (χ2n) is 6.14. The van der Waals surface area contributed by atoms with E-state index in [1.165, 1.54) is 29.5 Å². The summed E-state index contributed by atoms with van der Waals surface area (Å²) in [5.41, 5.74) is 2.44. The highest BCUT2D eigenvalue weighted by Crippen LogP contribution is 2.33. The van der Waals surface area contributed by atoms with Gasteiger partial charge in [-0.2, -0.15) is 5.10 Å². The zero-order valence-electron chi connectivity index (χ0n) is 14.9. The highest BCUT2D eigenvalue weighted by molar-refractivity contribution is 7.09. The molecular weight excluding hydrogens is 405 g/mol. The SMILES string of the molecule is Cc1nc(C(=O)Nc2cc(-c3cccc(OC(F)(F)F)c3)cc3[nH]ncc23)cs1. The van der Waals surface area contributed by atoms with Crippen molar-refractivity contribution in [2.45, 2.75) is 13.3 Å². The number of alkyl halides is 3. The average Bonchev–Trinajstić information content (AvgIpc) is 3.29. The van der Waals surface area contributed by atoms with Crippen LogP contribution in [0, 0.1) is 6.92 Å². The first-order valence-electron chi connectivity index (χ1n) is 8.35. The molecule has 0 bridgehead atoms. The van der Waals surface area contributed by atoms with Crippen molar-refractivity contribution in [1.82, 2.24) is 15.2 Å². The second kappa shape index (κ2) is 7.21. The van der Waals surface area contributed by atoms with E-state index < -0.39 is 6.36 Å². The number of hydrogen-bond acceptors (Lipinski definition) is 5. The first-order chi connectivity index (χ1) is 13.8. The summed E-state index contributed by atoms with van der Waals surface area (Å²) < 4.78 is 41.6. The summed E-state index contributed by atoms with van der Waals surface area (Å²) in [6, 6.07) is 9.01. The van der Waals surface area contributed by atoms with Crippen molar-refractivity contribution in [3.63, 3.8) is 0 Å². The Morgan fingerprint density at radius 1 is 1.21 bits per heavy atom. The molecule has 0 aliphatic heterocycles. The van der Waals surface area contributed by atoms with Gasteiger partial charge >= 0.3 is 6.36 Å². The fourth-order valence-corrected chi connectivity index (χ4v) is 3.44. The summed E-state index contributed by atoms with van der Waals surface area (Å²) in [4.78, 5) is 16.7. The molecule has 0 saturated heterocycles. The Hall–Kier alpha value is -3.40. The number of rotatable bonds is 4. The van der Waals surface area contributed by atoms with Crippen LogP contribution >= 0.6 is 11.3 Å². The number of amides is 1. The third-order valence-corrected chi connectivity index (χ3v) is 4.83. The molecule has 6 nitrogen and oxygen atoms in total. The molecule has 0 radical (unpaired) electrons. The lowest BCUT2D eigenvalue weighted by Crippen LogP contribution is -2.17. The van der Waals surface area contributed by atoms with E-state index in [-0.39, 0.29) is 17.4 Å². The number of aromatic nitrogens is 3. The Bertz CT molecular complexity index is 1200. The van der Waals surface area contributed by atoms with Crippen molar-refractivity contribution in [3.8, 4) is 16.9 Å². The highest BCUT2D eigenvalue weighted by atomic mass is 32.1. The maximum absolute atomic E-state index is 12.5. The van der Waals surface area contributed by atoms with Crippen molar-refractivity contribution in [3.05, 3.63) is 58.7 Å². The lowest BCUT2D eigenvalue weighted by molar-refractivity contribution is -0.274. The highest BCUT2D eigenvalue weighted by Gasteiger charge is 2.31. The minimum atomic E-state index is -4.78. The molecule has 0 aliphatic rings. The van der Waals surface area contributed by atoms with Gasteiger partial charge in [-0.3, -0.25) is 9.89 Å². The molecule has 0 aliphatic carbocycles. The van der Waals surface area contributed by atoms with E-state index in [0.717, 1.165) is 5.01 Å². The largest absolute Gasteiger partial charge is 0.573 e. The number of aryl methyl sites for hydroxylation is 1. The number of aromatic amines is 1. The van der Waals surface area contributed by atoms with Gasteiger partial charge in [-0.1, -0.05) is 12.1 Å². The Morgan fingerprint density at radius 2 is 2.03 bits per heavy atom. The third kappa shape index (κ3) is 4.21. The van der Waals surface area contributed by atoms with Crippen LogP contribution in [0.3, 0.4) is 0 Å². The molecule has 10 heteroatoms. The molecule has 2 aromatic carbocycles. The minimum absolute atomic E-state index is 0.287. The predicted molar refractivity (Wildman–Crippen MR) is 103 cm³/mol. The predicted octanol–water partition coefficient (Wildman–Crippen LogP) is 5.15. The molecule has 2 N–H and O–H groups in total. The molecule has 4 rings (SSSR count). The van der Waals surface area contributed by atoms with Crippen LogP contribution < -0.4 is 10.1 Å². The van der Waals surface area contributed by atoms with Gasteiger partial charge in [-0.25, -0.2) is 4.98 Å². The smallest absolute Gasteiger partial charge is 0.406 e. The maximum Gasteiger partial charge on any atom is 0.573 e. The molecule has 4 aromatic rings. The fourth-order valence-electron chi connectivity index (χ4n) is 2.85. The van der Waals surface area contributed by atoms with E-state index in [0.29, 0.717) is 27.7 Å². The van der Waals surface area contributed by atoms with Gasteiger partial charge in [0.05, 0.1) is 22.4 Å². The number of anilines is 1. The number of nitrogens with one attached hydrogen (secondary N) is 2. The number of H-pyrrole nitrogens is 1. The van der Waals surface area contributed by atoms with Gasteiger partial charge in [0.1, 0.15) is 11.4 Å². The molecule has 148 valence electrons. The van der Waals surface area contributed by atoms with Gasteiger partial charge in [0.25, 0.3) is 5.91 Å². The minimum Gasteiger partial charge on any atom is -0.406 e. The van der Waals surface area contributed by atoms with Crippen molar-refractivity contribution in [2.75, 3.05) is 5.32 Å². The van der Waals surface area contributed by atoms with E-state index in [4.69, 9.17) is 0 Å². The number of nitrogens with zero attached hydrogens (tertiary/aromatic N) is 2. The number of thiazole rings is 1. The monoisotopic (exact) mass is 418 g/mol. The van der Waals surface area contributed by atoms with Crippen molar-refractivity contribution in [1.29, 1.82) is 0 Å². The Morgan fingerprint density at radius 3 is 2.76 bits per heavy atom. The molecule has 2 heterocycles. The summed E-state index contributed by atoms with van der Waals surface area (Å²) in [7, 11) is 0. The molecule has 0 spiro atoms. The van der Waals surface area contributed by atoms with Crippen molar-refractivity contribution < 1.29 is 22.7 Å². The standard InChI is InChI=1S/C19H13F3N4O2S/c1-10-24-17(9-29-10)18(27)25-15-6-12(7-16-14(15)8-23-26-16)11-3-2-4-13(5-11)28-19(20,21)22/h2-9H,1H3,(H,23,26)(H,25,27). The van der Waals surface area contributed by atoms with Gasteiger partial charge in [0.2, 0.25) is 0 Å². The lowest BCUT2D eigenvalue weighted by atomic mass is 10.0. The molecule has 0 fully saturated rings. The van der Waals surface area contributed by atoms with E-state index in [1.54, 1.807) is 36.7 Å². The van der Waals surface area contributed by atoms with E-state index >= 15 is 0 Å². The quantitative estimate of drug-likeness (QED) is 0.481. The van der Waals surface area contributed by atoms with Gasteiger partial charge in [-0.15, -0.1) is 24.5 Å². The van der Waals surface area contributed by atoms with Gasteiger partial charge < -0.3 is 10.1 Å². The van der Waals surface area contributed by atoms with Crippen LogP contribution in [0.1, 0.15) is 15.5 Å². The van der Waals surface area contributed by atoms with Crippen LogP contribution in [-0.4, -0.2) is 27.5 Å². The molecule has 2 aromatic heterocycles. The first kappa shape index (κ1) is 18.9. The molecule has 0 saturated carbocycles. The summed E-state index contributed by atoms with van der Waals surface area (Å²) in [5, 5.41) is 12.7. The second-order valence-corrected chi connectivity index (χ2v) is 7.20. The summed E-state index contributed by atoms with van der Waals surface area (Å²) in [6.45, 7) is 1.80. The number of benzene rings is 2. The van der Waals surface area contributed by atoms with Gasteiger partial charge in [-0.05, 0) is 42.3 Å². The molecule has 0 unspecified atom stereocenters. The average molecular weight is 418 g/mol. The van der Waals surface area contributed by atoms with Crippen molar-refractivity contribution in [2.24, 2.45) is 0 Å². The normalized spacial score (nSPS) is 11.6. The van der Waals surface area contributed by atoms with Crippen LogP contribution in [-0.2, 0) is 0 Å². The van der Waals surface area contributed by atoms with Gasteiger partial charge in [0.15, 0.2) is 0 Å². The Balaban J connectivity index is 1.72. The fraction of sp³-hybridized carbons (Fsp3) is 0.105. The summed E-state index contributed by atoms with van der Waals surface area (Å²) in [6.07, 6.45) is -3.22.